The van der Waals surface area contributed by atoms with Gasteiger partial charge in [0.25, 0.3) is 5.56 Å². The van der Waals surface area contributed by atoms with Gasteiger partial charge in [-0.25, -0.2) is 4.68 Å². The van der Waals surface area contributed by atoms with Crippen LogP contribution in [0.25, 0.3) is 10.9 Å². The molecule has 2 aromatic heterocycles. The van der Waals surface area contributed by atoms with Crippen LogP contribution in [-0.2, 0) is 6.54 Å². The Bertz CT molecular complexity index is 1450. The van der Waals surface area contributed by atoms with Crippen LogP contribution < -0.4 is 15.0 Å². The van der Waals surface area contributed by atoms with Crippen LogP contribution in [0.4, 0.5) is 0 Å². The minimum atomic E-state index is -0.340. The van der Waals surface area contributed by atoms with Crippen molar-refractivity contribution in [1.29, 1.82) is 0 Å². The first-order valence-corrected chi connectivity index (χ1v) is 12.1. The fraction of sp³-hybridized carbons (Fsp3) is 0.385. The number of nitrogens with zero attached hydrogens (tertiary/aromatic N) is 5. The topological polar surface area (TPSA) is 98.2 Å². The molecule has 0 spiro atoms. The van der Waals surface area contributed by atoms with E-state index in [4.69, 9.17) is 9.47 Å². The van der Waals surface area contributed by atoms with Crippen molar-refractivity contribution in [3.63, 3.8) is 0 Å². The molecule has 1 fully saturated rings. The third kappa shape index (κ3) is 4.05. The second kappa shape index (κ2) is 8.81. The summed E-state index contributed by atoms with van der Waals surface area (Å²) in [6.45, 7) is 6.59. The lowest BCUT2D eigenvalue weighted by Crippen LogP contribution is -2.38. The van der Waals surface area contributed by atoms with Crippen molar-refractivity contribution < 1.29 is 9.47 Å². The van der Waals surface area contributed by atoms with Crippen LogP contribution in [0.15, 0.2) is 41.2 Å². The van der Waals surface area contributed by atoms with Gasteiger partial charge in [-0.1, -0.05) is 24.1 Å². The van der Waals surface area contributed by atoms with Crippen LogP contribution in [0.3, 0.4) is 0 Å². The van der Waals surface area contributed by atoms with Crippen molar-refractivity contribution >= 4 is 10.9 Å². The minimum absolute atomic E-state index is 0.0994. The molecule has 1 atom stereocenters. The molecule has 0 amide bonds. The van der Waals surface area contributed by atoms with Gasteiger partial charge in [-0.3, -0.25) is 9.69 Å². The van der Waals surface area contributed by atoms with Gasteiger partial charge in [-0.2, -0.15) is 0 Å². The summed E-state index contributed by atoms with van der Waals surface area (Å²) in [5.74, 6) is 2.13. The highest BCUT2D eigenvalue weighted by Crippen LogP contribution is 2.34. The Morgan fingerprint density at radius 2 is 1.86 bits per heavy atom. The predicted octanol–water partition coefficient (Wildman–Crippen LogP) is 3.48. The zero-order valence-corrected chi connectivity index (χ0v) is 20.0. The number of tetrazole rings is 1. The maximum atomic E-state index is 13.5. The number of rotatable bonds is 5. The molecular weight excluding hydrogens is 444 g/mol. The number of fused-ring (bicyclic) bond motifs is 2. The molecule has 2 aliphatic rings. The first-order valence-electron chi connectivity index (χ1n) is 12.1. The smallest absolute Gasteiger partial charge is 0.253 e. The van der Waals surface area contributed by atoms with Crippen molar-refractivity contribution in [2.24, 2.45) is 0 Å². The zero-order valence-electron chi connectivity index (χ0n) is 20.0. The first-order chi connectivity index (χ1) is 17.1. The van der Waals surface area contributed by atoms with Crippen molar-refractivity contribution in [1.82, 2.24) is 30.1 Å². The number of aromatic amines is 1. The number of nitrogens with one attached hydrogen (secondary N) is 1. The Balaban J connectivity index is 1.44. The zero-order chi connectivity index (χ0) is 23.9. The summed E-state index contributed by atoms with van der Waals surface area (Å²) in [6, 6.07) is 11.7. The molecule has 35 heavy (non-hydrogen) atoms. The quantitative estimate of drug-likeness (QED) is 0.475. The van der Waals surface area contributed by atoms with E-state index in [0.717, 1.165) is 65.0 Å². The summed E-state index contributed by atoms with van der Waals surface area (Å²) in [5.41, 5.74) is 4.67. The third-order valence-corrected chi connectivity index (χ3v) is 6.95. The molecule has 9 nitrogen and oxygen atoms in total. The average Bonchev–Trinajstić information content (AvgIpc) is 3.50. The highest BCUT2D eigenvalue weighted by atomic mass is 16.7. The number of benzene rings is 2. The summed E-state index contributed by atoms with van der Waals surface area (Å²) in [4.78, 5) is 18.9. The van der Waals surface area contributed by atoms with Crippen LogP contribution >= 0.6 is 0 Å². The lowest BCUT2D eigenvalue weighted by Gasteiger charge is -2.33. The summed E-state index contributed by atoms with van der Waals surface area (Å²) in [5, 5.41) is 13.8. The van der Waals surface area contributed by atoms with E-state index in [0.29, 0.717) is 17.9 Å². The van der Waals surface area contributed by atoms with Crippen LogP contribution in [0.2, 0.25) is 0 Å². The van der Waals surface area contributed by atoms with Crippen molar-refractivity contribution in [3.8, 4) is 11.5 Å². The third-order valence-electron chi connectivity index (χ3n) is 6.95. The molecule has 4 aromatic rings. The van der Waals surface area contributed by atoms with Gasteiger partial charge in [-0.05, 0) is 91.0 Å². The van der Waals surface area contributed by atoms with Gasteiger partial charge in [0.05, 0.1) is 12.1 Å². The number of ether oxygens (including phenoxy) is 2. The molecule has 0 radical (unpaired) electrons. The van der Waals surface area contributed by atoms with Crippen molar-refractivity contribution in [2.45, 2.75) is 45.7 Å². The second-order valence-electron chi connectivity index (χ2n) is 9.48. The van der Waals surface area contributed by atoms with Gasteiger partial charge >= 0.3 is 0 Å². The summed E-state index contributed by atoms with van der Waals surface area (Å²) in [7, 11) is 0. The molecule has 1 saturated heterocycles. The van der Waals surface area contributed by atoms with E-state index in [2.05, 4.69) is 44.5 Å². The van der Waals surface area contributed by atoms with E-state index < -0.39 is 0 Å². The van der Waals surface area contributed by atoms with Crippen molar-refractivity contribution in [2.75, 3.05) is 19.9 Å². The highest BCUT2D eigenvalue weighted by molar-refractivity contribution is 5.83. The fourth-order valence-corrected chi connectivity index (χ4v) is 5.31. The first kappa shape index (κ1) is 21.8. The van der Waals surface area contributed by atoms with E-state index in [1.54, 1.807) is 4.68 Å². The van der Waals surface area contributed by atoms with Crippen LogP contribution in [0.1, 0.15) is 53.4 Å². The van der Waals surface area contributed by atoms with Gasteiger partial charge in [0.2, 0.25) is 6.79 Å². The van der Waals surface area contributed by atoms with E-state index in [1.807, 2.05) is 31.2 Å². The molecule has 2 aromatic carbocycles. The Morgan fingerprint density at radius 1 is 1.03 bits per heavy atom. The monoisotopic (exact) mass is 472 g/mol. The van der Waals surface area contributed by atoms with E-state index in [9.17, 15) is 4.79 Å². The Labute approximate surface area is 202 Å². The summed E-state index contributed by atoms with van der Waals surface area (Å²) in [6.07, 6.45) is 3.37. The lowest BCUT2D eigenvalue weighted by atomic mass is 9.99. The number of hydrogen-bond acceptors (Lipinski definition) is 7. The average molecular weight is 473 g/mol. The molecule has 0 saturated carbocycles. The largest absolute Gasteiger partial charge is 0.454 e. The molecule has 1 N–H and O–H groups in total. The minimum Gasteiger partial charge on any atom is -0.454 e. The van der Waals surface area contributed by atoms with Crippen LogP contribution in [-0.4, -0.2) is 50.0 Å². The molecule has 180 valence electrons. The van der Waals surface area contributed by atoms with Gasteiger partial charge in [0.15, 0.2) is 17.3 Å². The van der Waals surface area contributed by atoms with Gasteiger partial charge in [0.1, 0.15) is 6.04 Å². The Hall–Kier alpha value is -3.72. The fourth-order valence-electron chi connectivity index (χ4n) is 5.31. The van der Waals surface area contributed by atoms with E-state index in [1.165, 1.54) is 6.42 Å². The summed E-state index contributed by atoms with van der Waals surface area (Å²) < 4.78 is 12.8. The number of hydrogen-bond donors (Lipinski definition) is 1. The van der Waals surface area contributed by atoms with Crippen molar-refractivity contribution in [3.05, 3.63) is 74.8 Å². The van der Waals surface area contributed by atoms with E-state index in [-0.39, 0.29) is 18.4 Å². The second-order valence-corrected chi connectivity index (χ2v) is 9.48. The highest BCUT2D eigenvalue weighted by Gasteiger charge is 2.31. The van der Waals surface area contributed by atoms with E-state index >= 15 is 0 Å². The molecule has 2 aliphatic heterocycles. The van der Waals surface area contributed by atoms with Gasteiger partial charge < -0.3 is 14.5 Å². The normalized spacial score (nSPS) is 16.6. The van der Waals surface area contributed by atoms with Crippen LogP contribution in [0, 0.1) is 13.8 Å². The molecule has 6 rings (SSSR count). The Kier molecular flexibility index (Phi) is 5.49. The van der Waals surface area contributed by atoms with Gasteiger partial charge in [-0.15, -0.1) is 5.10 Å². The molecule has 9 heteroatoms. The summed E-state index contributed by atoms with van der Waals surface area (Å²) >= 11 is 0. The molecule has 4 heterocycles. The number of pyridine rings is 1. The molecule has 0 aliphatic carbocycles. The number of likely N-dealkylation sites (tertiary alicyclic amines) is 1. The number of H-pyrrole nitrogens is 1. The molecule has 0 bridgehead atoms. The number of aryl methyl sites for hydroxylation is 2. The lowest BCUT2D eigenvalue weighted by molar-refractivity contribution is 0.174. The standard InChI is InChI=1S/C26H28N6O3/c1-16-10-17(2)23-19(11-16)13-20(26(33)27-23)24(31-8-4-3-5-9-31)25-28-29-30-32(25)14-18-6-7-21-22(12-18)35-15-34-21/h6-7,10-13,24H,3-5,8-9,14-15H2,1-2H3,(H,27,33)/t24-/m1/s1. The SMILES string of the molecule is Cc1cc(C)c2[nH]c(=O)c([C@H](c3nnnn3Cc3ccc4c(c3)OCO4)N3CCCCC3)cc2c1. The predicted molar refractivity (Wildman–Crippen MR) is 131 cm³/mol. The number of piperidine rings is 1. The Morgan fingerprint density at radius 3 is 2.71 bits per heavy atom. The van der Waals surface area contributed by atoms with Gasteiger partial charge in [0, 0.05) is 5.56 Å². The van der Waals surface area contributed by atoms with Crippen LogP contribution in [0.5, 0.6) is 11.5 Å². The molecular formula is C26H28N6O3. The molecule has 0 unspecified atom stereocenters. The number of aromatic nitrogens is 5. The maximum Gasteiger partial charge on any atom is 0.253 e. The maximum absolute atomic E-state index is 13.5.